The van der Waals surface area contributed by atoms with Crippen LogP contribution in [0.1, 0.15) is 12.0 Å². The lowest BCUT2D eigenvalue weighted by molar-refractivity contribution is -0.112. The maximum atomic E-state index is 11.9. The van der Waals surface area contributed by atoms with Gasteiger partial charge < -0.3 is 15.2 Å². The first kappa shape index (κ1) is 16.0. The Hall–Kier alpha value is -2.51. The predicted octanol–water partition coefficient (Wildman–Crippen LogP) is 0.946. The Bertz CT molecular complexity index is 819. The summed E-state index contributed by atoms with van der Waals surface area (Å²) in [5, 5.41) is 0.851. The Morgan fingerprint density at radius 3 is 3.04 bits per heavy atom. The van der Waals surface area contributed by atoms with Crippen LogP contribution in [0.3, 0.4) is 0 Å². The van der Waals surface area contributed by atoms with Crippen LogP contribution in [0, 0.1) is 0 Å². The third kappa shape index (κ3) is 3.33. The molecule has 2 aliphatic heterocycles. The quantitative estimate of drug-likeness (QED) is 0.644. The number of likely N-dealkylation sites (tertiary alicyclic amines) is 1. The summed E-state index contributed by atoms with van der Waals surface area (Å²) >= 11 is 0. The second kappa shape index (κ2) is 6.78. The smallest absolute Gasteiger partial charge is 0.252 e. The van der Waals surface area contributed by atoms with Gasteiger partial charge in [0.1, 0.15) is 12.4 Å². The lowest BCUT2D eigenvalue weighted by Crippen LogP contribution is -2.48. The van der Waals surface area contributed by atoms with Crippen molar-refractivity contribution in [2.45, 2.75) is 18.6 Å². The van der Waals surface area contributed by atoms with E-state index in [1.54, 1.807) is 6.20 Å². The van der Waals surface area contributed by atoms with E-state index >= 15 is 0 Å². The minimum absolute atomic E-state index is 0.0683. The summed E-state index contributed by atoms with van der Waals surface area (Å²) in [6.45, 7) is 3.44. The third-order valence-electron chi connectivity index (χ3n) is 4.77. The molecule has 7 nitrogen and oxygen atoms in total. The van der Waals surface area contributed by atoms with Crippen molar-refractivity contribution in [2.24, 2.45) is 5.73 Å². The molecule has 1 aromatic carbocycles. The van der Waals surface area contributed by atoms with Crippen molar-refractivity contribution in [2.75, 3.05) is 26.3 Å². The van der Waals surface area contributed by atoms with Gasteiger partial charge >= 0.3 is 0 Å². The number of fused-ring (bicyclic) bond motifs is 1. The van der Waals surface area contributed by atoms with Crippen molar-refractivity contribution >= 4 is 22.4 Å². The molecule has 2 N–H and O–H groups in total. The first-order valence-corrected chi connectivity index (χ1v) is 8.38. The van der Waals surface area contributed by atoms with E-state index in [1.165, 1.54) is 12.6 Å². The fraction of sp³-hybridized carbons (Fsp3) is 0.389. The first-order chi connectivity index (χ1) is 12.2. The van der Waals surface area contributed by atoms with Gasteiger partial charge in [-0.15, -0.1) is 0 Å². The van der Waals surface area contributed by atoms with Gasteiger partial charge in [-0.05, 0) is 24.1 Å². The van der Waals surface area contributed by atoms with Crippen LogP contribution in [0.15, 0.2) is 37.0 Å². The molecule has 1 atom stereocenters. The number of benzene rings is 1. The van der Waals surface area contributed by atoms with Crippen LogP contribution in [0.4, 0.5) is 0 Å². The van der Waals surface area contributed by atoms with Crippen LogP contribution in [0.2, 0.25) is 0 Å². The number of ether oxygens (including phenoxy) is 2. The normalized spacial score (nSPS) is 22.1. The van der Waals surface area contributed by atoms with Crippen molar-refractivity contribution in [1.82, 2.24) is 14.9 Å². The molecule has 0 aliphatic carbocycles. The van der Waals surface area contributed by atoms with E-state index in [0.717, 1.165) is 43.6 Å². The topological polar surface area (TPSA) is 90.6 Å². The average Bonchev–Trinajstić information content (AvgIpc) is 3.01. The van der Waals surface area contributed by atoms with Crippen molar-refractivity contribution in [3.8, 4) is 0 Å². The summed E-state index contributed by atoms with van der Waals surface area (Å²) in [4.78, 5) is 22.5. The highest BCUT2D eigenvalue weighted by Crippen LogP contribution is 2.23. The highest BCUT2D eigenvalue weighted by molar-refractivity contribution is 6.18. The molecular formula is C18H20N4O3. The van der Waals surface area contributed by atoms with Gasteiger partial charge in [0.25, 0.3) is 5.91 Å². The number of primary amides is 1. The van der Waals surface area contributed by atoms with Crippen LogP contribution in [-0.2, 0) is 14.3 Å². The molecule has 1 unspecified atom stereocenters. The van der Waals surface area contributed by atoms with Crippen LogP contribution >= 0.6 is 0 Å². The standard InChI is InChI=1S/C18H20N4O3/c19-18(23)16(12-1-2-17-13(5-12)6-20-11-21-17)10-25-15-3-4-22(7-15)14-8-24-9-14/h1-2,5-6,10-11,14-15H,3-4,7-9H2,(H2,19,23). The molecule has 1 amide bonds. The minimum atomic E-state index is -0.515. The van der Waals surface area contributed by atoms with Crippen LogP contribution < -0.4 is 5.73 Å². The summed E-state index contributed by atoms with van der Waals surface area (Å²) in [5.41, 5.74) is 7.44. The molecule has 4 rings (SSSR count). The summed E-state index contributed by atoms with van der Waals surface area (Å²) in [6.07, 6.45) is 5.71. The number of nitrogens with zero attached hydrogens (tertiary/aromatic N) is 3. The summed E-state index contributed by atoms with van der Waals surface area (Å²) in [6, 6.07) is 6.02. The van der Waals surface area contributed by atoms with Crippen molar-refractivity contribution < 1.29 is 14.3 Å². The van der Waals surface area contributed by atoms with Crippen LogP contribution in [0.5, 0.6) is 0 Å². The van der Waals surface area contributed by atoms with E-state index in [2.05, 4.69) is 14.9 Å². The molecule has 2 aliphatic rings. The molecule has 2 fully saturated rings. The molecule has 1 aromatic heterocycles. The Labute approximate surface area is 145 Å². The summed E-state index contributed by atoms with van der Waals surface area (Å²) < 4.78 is 11.1. The number of hydrogen-bond acceptors (Lipinski definition) is 6. The monoisotopic (exact) mass is 340 g/mol. The van der Waals surface area contributed by atoms with Crippen LogP contribution in [0.25, 0.3) is 16.5 Å². The lowest BCUT2D eigenvalue weighted by Gasteiger charge is -2.34. The Kier molecular flexibility index (Phi) is 4.33. The molecule has 0 bridgehead atoms. The van der Waals surface area contributed by atoms with Gasteiger partial charge in [-0.2, -0.15) is 0 Å². The SMILES string of the molecule is NC(=O)C(=COC1CCN(C2COC2)C1)c1ccc2ncncc2c1. The average molecular weight is 340 g/mol. The molecule has 7 heteroatoms. The number of aromatic nitrogens is 2. The molecule has 2 aromatic rings. The summed E-state index contributed by atoms with van der Waals surface area (Å²) in [7, 11) is 0. The fourth-order valence-corrected chi connectivity index (χ4v) is 3.22. The number of nitrogens with two attached hydrogens (primary N) is 1. The van der Waals surface area contributed by atoms with Gasteiger partial charge in [0, 0.05) is 24.7 Å². The molecule has 130 valence electrons. The van der Waals surface area contributed by atoms with E-state index in [9.17, 15) is 4.79 Å². The van der Waals surface area contributed by atoms with E-state index in [0.29, 0.717) is 17.2 Å². The number of amides is 1. The molecular weight excluding hydrogens is 320 g/mol. The van der Waals surface area contributed by atoms with Gasteiger partial charge in [0.15, 0.2) is 0 Å². The van der Waals surface area contributed by atoms with E-state index in [1.807, 2.05) is 18.2 Å². The maximum absolute atomic E-state index is 11.9. The highest BCUT2D eigenvalue weighted by Gasteiger charge is 2.32. The Balaban J connectivity index is 1.50. The number of carbonyl (C=O) groups excluding carboxylic acids is 1. The van der Waals surface area contributed by atoms with Crippen LogP contribution in [-0.4, -0.2) is 59.2 Å². The first-order valence-electron chi connectivity index (χ1n) is 8.38. The molecule has 2 saturated heterocycles. The lowest BCUT2D eigenvalue weighted by atomic mass is 10.0. The van der Waals surface area contributed by atoms with Gasteiger partial charge in [-0.1, -0.05) is 6.07 Å². The fourth-order valence-electron chi connectivity index (χ4n) is 3.22. The van der Waals surface area contributed by atoms with Crippen molar-refractivity contribution in [1.29, 1.82) is 0 Å². The minimum Gasteiger partial charge on any atom is -0.496 e. The van der Waals surface area contributed by atoms with Crippen molar-refractivity contribution in [3.05, 3.63) is 42.5 Å². The van der Waals surface area contributed by atoms with Gasteiger partial charge in [0.2, 0.25) is 0 Å². The maximum Gasteiger partial charge on any atom is 0.252 e. The number of carbonyl (C=O) groups is 1. The molecule has 25 heavy (non-hydrogen) atoms. The second-order valence-corrected chi connectivity index (χ2v) is 6.43. The van der Waals surface area contributed by atoms with E-state index < -0.39 is 5.91 Å². The molecule has 3 heterocycles. The van der Waals surface area contributed by atoms with Gasteiger partial charge in [0.05, 0.1) is 36.6 Å². The highest BCUT2D eigenvalue weighted by atomic mass is 16.5. The van der Waals surface area contributed by atoms with E-state index in [4.69, 9.17) is 15.2 Å². The molecule has 0 radical (unpaired) electrons. The second-order valence-electron chi connectivity index (χ2n) is 6.43. The zero-order valence-electron chi connectivity index (χ0n) is 13.8. The van der Waals surface area contributed by atoms with Crippen molar-refractivity contribution in [3.63, 3.8) is 0 Å². The largest absolute Gasteiger partial charge is 0.496 e. The Morgan fingerprint density at radius 2 is 2.28 bits per heavy atom. The third-order valence-corrected chi connectivity index (χ3v) is 4.77. The molecule has 0 saturated carbocycles. The van der Waals surface area contributed by atoms with E-state index in [-0.39, 0.29) is 6.10 Å². The molecule has 0 spiro atoms. The zero-order valence-corrected chi connectivity index (χ0v) is 13.8. The number of hydrogen-bond donors (Lipinski definition) is 1. The predicted molar refractivity (Wildman–Crippen MR) is 92.4 cm³/mol. The number of rotatable bonds is 5. The Morgan fingerprint density at radius 1 is 1.40 bits per heavy atom. The van der Waals surface area contributed by atoms with Gasteiger partial charge in [-0.3, -0.25) is 9.69 Å². The van der Waals surface area contributed by atoms with Gasteiger partial charge in [-0.25, -0.2) is 9.97 Å². The zero-order chi connectivity index (χ0) is 17.2. The summed E-state index contributed by atoms with van der Waals surface area (Å²) in [5.74, 6) is -0.515.